The van der Waals surface area contributed by atoms with Crippen LogP contribution in [0.3, 0.4) is 0 Å². The molecule has 0 fully saturated rings. The number of para-hydroxylation sites is 1. The molecule has 1 aliphatic heterocycles. The number of carbonyl (C=O) groups excluding carboxylic acids is 1. The fourth-order valence-corrected chi connectivity index (χ4v) is 2.44. The molecule has 0 unspecified atom stereocenters. The highest BCUT2D eigenvalue weighted by atomic mass is 79.9. The quantitative estimate of drug-likeness (QED) is 0.859. The number of hydrogen-bond acceptors (Lipinski definition) is 2. The second-order valence-corrected chi connectivity index (χ2v) is 5.29. The Kier molecular flexibility index (Phi) is 2.70. The SMILES string of the molecule is CCN1C(=O)C(C)(C)Nc2c(Br)cccc21. The number of amides is 1. The Balaban J connectivity index is 2.60. The van der Waals surface area contributed by atoms with E-state index in [1.54, 1.807) is 0 Å². The van der Waals surface area contributed by atoms with Crippen molar-refractivity contribution in [1.82, 2.24) is 0 Å². The molecule has 0 saturated heterocycles. The van der Waals surface area contributed by atoms with Crippen LogP contribution in [0, 0.1) is 0 Å². The first-order valence-corrected chi connectivity index (χ1v) is 6.15. The predicted octanol–water partition coefficient (Wildman–Crippen LogP) is 3.01. The Morgan fingerprint density at radius 2 is 2.12 bits per heavy atom. The highest BCUT2D eigenvalue weighted by Gasteiger charge is 2.38. The van der Waals surface area contributed by atoms with Gasteiger partial charge in [0.05, 0.1) is 11.4 Å². The van der Waals surface area contributed by atoms with Crippen LogP contribution in [0.2, 0.25) is 0 Å². The van der Waals surface area contributed by atoms with Crippen molar-refractivity contribution in [3.63, 3.8) is 0 Å². The molecule has 0 spiro atoms. The number of rotatable bonds is 1. The molecule has 0 radical (unpaired) electrons. The number of hydrogen-bond donors (Lipinski definition) is 1. The van der Waals surface area contributed by atoms with Crippen LogP contribution in [0.15, 0.2) is 22.7 Å². The zero-order chi connectivity index (χ0) is 11.9. The summed E-state index contributed by atoms with van der Waals surface area (Å²) >= 11 is 3.51. The minimum Gasteiger partial charge on any atom is -0.369 e. The van der Waals surface area contributed by atoms with Crippen molar-refractivity contribution < 1.29 is 4.79 Å². The molecule has 1 aromatic carbocycles. The third-order valence-electron chi connectivity index (χ3n) is 2.82. The highest BCUT2D eigenvalue weighted by molar-refractivity contribution is 9.10. The molecule has 16 heavy (non-hydrogen) atoms. The molecule has 1 aromatic rings. The molecule has 4 heteroatoms. The predicted molar refractivity (Wildman–Crippen MR) is 69.9 cm³/mol. The molecule has 1 N–H and O–H groups in total. The molecule has 0 aliphatic carbocycles. The molecule has 1 amide bonds. The second kappa shape index (κ2) is 3.77. The number of benzene rings is 1. The van der Waals surface area contributed by atoms with Gasteiger partial charge in [-0.05, 0) is 48.8 Å². The first-order valence-electron chi connectivity index (χ1n) is 5.36. The van der Waals surface area contributed by atoms with E-state index in [2.05, 4.69) is 21.2 Å². The van der Waals surface area contributed by atoms with Crippen molar-refractivity contribution in [2.75, 3.05) is 16.8 Å². The highest BCUT2D eigenvalue weighted by Crippen LogP contribution is 2.39. The normalized spacial score (nSPS) is 18.0. The van der Waals surface area contributed by atoms with Gasteiger partial charge < -0.3 is 10.2 Å². The average molecular weight is 283 g/mol. The van der Waals surface area contributed by atoms with Crippen molar-refractivity contribution in [1.29, 1.82) is 0 Å². The van der Waals surface area contributed by atoms with Gasteiger partial charge in [0.15, 0.2) is 0 Å². The third-order valence-corrected chi connectivity index (χ3v) is 3.48. The summed E-state index contributed by atoms with van der Waals surface area (Å²) in [7, 11) is 0. The van der Waals surface area contributed by atoms with Crippen LogP contribution in [0.25, 0.3) is 0 Å². The lowest BCUT2D eigenvalue weighted by Crippen LogP contribution is -2.53. The largest absolute Gasteiger partial charge is 0.369 e. The van der Waals surface area contributed by atoms with Gasteiger partial charge in [0, 0.05) is 11.0 Å². The maximum atomic E-state index is 12.2. The van der Waals surface area contributed by atoms with Gasteiger partial charge >= 0.3 is 0 Å². The molecule has 0 atom stereocenters. The van der Waals surface area contributed by atoms with Crippen molar-refractivity contribution in [2.45, 2.75) is 26.3 Å². The molecule has 0 bridgehead atoms. The van der Waals surface area contributed by atoms with Gasteiger partial charge in [-0.1, -0.05) is 6.07 Å². The maximum absolute atomic E-state index is 12.2. The van der Waals surface area contributed by atoms with E-state index in [1.807, 2.05) is 43.9 Å². The molecule has 3 nitrogen and oxygen atoms in total. The Morgan fingerprint density at radius 1 is 1.44 bits per heavy atom. The lowest BCUT2D eigenvalue weighted by Gasteiger charge is -2.39. The van der Waals surface area contributed by atoms with Gasteiger partial charge in [-0.15, -0.1) is 0 Å². The number of anilines is 2. The summed E-state index contributed by atoms with van der Waals surface area (Å²) in [6.07, 6.45) is 0. The number of carbonyl (C=O) groups is 1. The average Bonchev–Trinajstić information content (AvgIpc) is 2.22. The summed E-state index contributed by atoms with van der Waals surface area (Å²) in [6, 6.07) is 5.88. The fraction of sp³-hybridized carbons (Fsp3) is 0.417. The molecular weight excluding hydrogens is 268 g/mol. The van der Waals surface area contributed by atoms with Crippen LogP contribution in [0.4, 0.5) is 11.4 Å². The summed E-state index contributed by atoms with van der Waals surface area (Å²) in [5.41, 5.74) is 1.39. The van der Waals surface area contributed by atoms with E-state index in [0.29, 0.717) is 6.54 Å². The summed E-state index contributed by atoms with van der Waals surface area (Å²) < 4.78 is 0.990. The van der Waals surface area contributed by atoms with E-state index in [0.717, 1.165) is 15.8 Å². The number of nitrogens with one attached hydrogen (secondary N) is 1. The molecule has 2 rings (SSSR count). The molecule has 86 valence electrons. The van der Waals surface area contributed by atoms with Crippen LogP contribution < -0.4 is 10.2 Å². The monoisotopic (exact) mass is 282 g/mol. The number of fused-ring (bicyclic) bond motifs is 1. The fourth-order valence-electron chi connectivity index (χ4n) is 1.99. The summed E-state index contributed by atoms with van der Waals surface area (Å²) in [6.45, 7) is 6.48. The molecule has 1 heterocycles. The van der Waals surface area contributed by atoms with Crippen LogP contribution in [0.1, 0.15) is 20.8 Å². The molecule has 1 aliphatic rings. The molecular formula is C12H15BrN2O. The van der Waals surface area contributed by atoms with Crippen LogP contribution in [-0.4, -0.2) is 18.0 Å². The Morgan fingerprint density at radius 3 is 2.75 bits per heavy atom. The van der Waals surface area contributed by atoms with Crippen molar-refractivity contribution in [3.8, 4) is 0 Å². The first kappa shape index (κ1) is 11.5. The zero-order valence-corrected chi connectivity index (χ0v) is 11.3. The minimum atomic E-state index is -0.549. The van der Waals surface area contributed by atoms with Crippen LogP contribution >= 0.6 is 15.9 Å². The Bertz CT molecular complexity index is 443. The number of halogens is 1. The summed E-state index contributed by atoms with van der Waals surface area (Å²) in [5, 5.41) is 3.28. The zero-order valence-electron chi connectivity index (χ0n) is 9.67. The molecule has 0 aromatic heterocycles. The number of nitrogens with zero attached hydrogens (tertiary/aromatic N) is 1. The smallest absolute Gasteiger partial charge is 0.252 e. The second-order valence-electron chi connectivity index (χ2n) is 4.43. The lowest BCUT2D eigenvalue weighted by molar-refractivity contribution is -0.122. The van der Waals surface area contributed by atoms with Gasteiger partial charge in [0.25, 0.3) is 5.91 Å². The lowest BCUT2D eigenvalue weighted by atomic mass is 9.98. The van der Waals surface area contributed by atoms with Gasteiger partial charge in [-0.3, -0.25) is 4.79 Å². The Hall–Kier alpha value is -1.03. The van der Waals surface area contributed by atoms with E-state index in [1.165, 1.54) is 0 Å². The van der Waals surface area contributed by atoms with Crippen LogP contribution in [-0.2, 0) is 4.79 Å². The minimum absolute atomic E-state index is 0.112. The van der Waals surface area contributed by atoms with Crippen molar-refractivity contribution >= 4 is 33.2 Å². The standard InChI is InChI=1S/C12H15BrN2O/c1-4-15-9-7-5-6-8(13)10(9)14-12(2,3)11(15)16/h5-7,14H,4H2,1-3H3. The topological polar surface area (TPSA) is 32.3 Å². The van der Waals surface area contributed by atoms with E-state index in [4.69, 9.17) is 0 Å². The third kappa shape index (κ3) is 1.61. The summed E-state index contributed by atoms with van der Waals surface area (Å²) in [4.78, 5) is 14.0. The number of likely N-dealkylation sites (N-methyl/N-ethyl adjacent to an activating group) is 1. The van der Waals surface area contributed by atoms with E-state index >= 15 is 0 Å². The van der Waals surface area contributed by atoms with Crippen molar-refractivity contribution in [3.05, 3.63) is 22.7 Å². The van der Waals surface area contributed by atoms with E-state index < -0.39 is 5.54 Å². The maximum Gasteiger partial charge on any atom is 0.252 e. The van der Waals surface area contributed by atoms with Gasteiger partial charge in [-0.2, -0.15) is 0 Å². The molecule has 0 saturated carbocycles. The van der Waals surface area contributed by atoms with Crippen LogP contribution in [0.5, 0.6) is 0 Å². The summed E-state index contributed by atoms with van der Waals surface area (Å²) in [5.74, 6) is 0.112. The first-order chi connectivity index (χ1) is 7.47. The van der Waals surface area contributed by atoms with E-state index in [9.17, 15) is 4.79 Å². The Labute approximate surface area is 104 Å². The van der Waals surface area contributed by atoms with Crippen molar-refractivity contribution in [2.24, 2.45) is 0 Å². The van der Waals surface area contributed by atoms with Gasteiger partial charge in [-0.25, -0.2) is 0 Å². The van der Waals surface area contributed by atoms with E-state index in [-0.39, 0.29) is 5.91 Å². The van der Waals surface area contributed by atoms with Gasteiger partial charge in [0.2, 0.25) is 0 Å². The van der Waals surface area contributed by atoms with Gasteiger partial charge in [0.1, 0.15) is 5.54 Å².